The lowest BCUT2D eigenvalue weighted by molar-refractivity contribution is -0.120. The highest BCUT2D eigenvalue weighted by Gasteiger charge is 2.12. The minimum absolute atomic E-state index is 0.0615. The molecule has 0 heterocycles. The van der Waals surface area contributed by atoms with E-state index in [-0.39, 0.29) is 12.5 Å². The molecule has 0 fully saturated rings. The number of benzene rings is 3. The Morgan fingerprint density at radius 3 is 2.29 bits per heavy atom. The molecule has 0 aliphatic carbocycles. The maximum atomic E-state index is 12.3. The lowest BCUT2D eigenvalue weighted by Crippen LogP contribution is -2.27. The van der Waals surface area contributed by atoms with E-state index >= 15 is 0 Å². The van der Waals surface area contributed by atoms with E-state index in [1.165, 1.54) is 22.3 Å². The van der Waals surface area contributed by atoms with E-state index in [1.807, 2.05) is 18.2 Å². The number of carbonyl (C=O) groups is 1. The Morgan fingerprint density at radius 1 is 0.903 bits per heavy atom. The lowest BCUT2D eigenvalue weighted by Gasteiger charge is -2.17. The van der Waals surface area contributed by atoms with Crippen LogP contribution in [-0.4, -0.2) is 24.2 Å². The molecule has 3 aromatic carbocycles. The van der Waals surface area contributed by atoms with Crippen molar-refractivity contribution in [1.82, 2.24) is 5.32 Å². The molecular formula is C28H33NO2. The fourth-order valence-corrected chi connectivity index (χ4v) is 4.00. The zero-order chi connectivity index (χ0) is 21.9. The van der Waals surface area contributed by atoms with Crippen molar-refractivity contribution in [2.24, 2.45) is 0 Å². The van der Waals surface area contributed by atoms with Crippen LogP contribution >= 0.6 is 0 Å². The van der Waals surface area contributed by atoms with E-state index in [2.05, 4.69) is 72.9 Å². The van der Waals surface area contributed by atoms with Crippen molar-refractivity contribution < 1.29 is 9.90 Å². The van der Waals surface area contributed by atoms with Gasteiger partial charge in [0.1, 0.15) is 0 Å². The van der Waals surface area contributed by atoms with Crippen LogP contribution in [0.25, 0.3) is 0 Å². The first-order chi connectivity index (χ1) is 15.2. The van der Waals surface area contributed by atoms with Crippen LogP contribution in [0.1, 0.15) is 46.6 Å². The monoisotopic (exact) mass is 415 g/mol. The van der Waals surface area contributed by atoms with Crippen molar-refractivity contribution in [3.05, 3.63) is 107 Å². The Bertz CT molecular complexity index is 935. The standard InChI is InChI=1S/C28H33NO2/c1-22-8-5-6-9-25(22)17-18-29-28(31)21-24-15-13-23(14-16-24)20-27(12-7-19-30)26-10-3-2-4-11-26/h2-6,8-11,13-16,27,30H,7,12,17-21H2,1H3,(H,29,31). The van der Waals surface area contributed by atoms with Crippen LogP contribution in [0, 0.1) is 6.92 Å². The van der Waals surface area contributed by atoms with E-state index in [4.69, 9.17) is 0 Å². The summed E-state index contributed by atoms with van der Waals surface area (Å²) in [5, 5.41) is 12.3. The number of hydrogen-bond acceptors (Lipinski definition) is 2. The Labute approximate surface area is 186 Å². The van der Waals surface area contributed by atoms with Crippen LogP contribution in [0.2, 0.25) is 0 Å². The predicted molar refractivity (Wildman–Crippen MR) is 127 cm³/mol. The summed E-state index contributed by atoms with van der Waals surface area (Å²) in [6.07, 6.45) is 3.96. The van der Waals surface area contributed by atoms with Gasteiger partial charge in [0.25, 0.3) is 0 Å². The quantitative estimate of drug-likeness (QED) is 0.463. The van der Waals surface area contributed by atoms with Gasteiger partial charge in [-0.1, -0.05) is 78.9 Å². The third kappa shape index (κ3) is 7.37. The fourth-order valence-electron chi connectivity index (χ4n) is 4.00. The van der Waals surface area contributed by atoms with Crippen LogP contribution in [0.3, 0.4) is 0 Å². The van der Waals surface area contributed by atoms with Gasteiger partial charge in [0.15, 0.2) is 0 Å². The van der Waals surface area contributed by atoms with Crippen molar-refractivity contribution in [2.45, 2.75) is 44.9 Å². The lowest BCUT2D eigenvalue weighted by atomic mass is 9.88. The molecule has 0 aliphatic heterocycles. The van der Waals surface area contributed by atoms with E-state index in [0.29, 0.717) is 18.9 Å². The molecule has 0 bridgehead atoms. The Kier molecular flexibility index (Phi) is 8.86. The molecule has 2 N–H and O–H groups in total. The van der Waals surface area contributed by atoms with Crippen LogP contribution in [0.15, 0.2) is 78.9 Å². The third-order valence-corrected chi connectivity index (χ3v) is 5.83. The molecule has 1 unspecified atom stereocenters. The molecule has 1 amide bonds. The maximum absolute atomic E-state index is 12.3. The predicted octanol–water partition coefficient (Wildman–Crippen LogP) is 5.00. The molecule has 3 heteroatoms. The van der Waals surface area contributed by atoms with Crippen molar-refractivity contribution in [3.8, 4) is 0 Å². The highest BCUT2D eigenvalue weighted by atomic mass is 16.2. The van der Waals surface area contributed by atoms with E-state index in [9.17, 15) is 9.90 Å². The van der Waals surface area contributed by atoms with Gasteiger partial charge in [0, 0.05) is 13.2 Å². The molecular weight excluding hydrogens is 382 g/mol. The first-order valence-electron chi connectivity index (χ1n) is 11.2. The maximum Gasteiger partial charge on any atom is 0.224 e. The number of hydrogen-bond donors (Lipinski definition) is 2. The van der Waals surface area contributed by atoms with E-state index in [0.717, 1.165) is 31.2 Å². The second-order valence-electron chi connectivity index (χ2n) is 8.20. The largest absolute Gasteiger partial charge is 0.396 e. The number of aliphatic hydroxyl groups is 1. The molecule has 0 saturated carbocycles. The topological polar surface area (TPSA) is 49.3 Å². The normalized spacial score (nSPS) is 11.8. The third-order valence-electron chi connectivity index (χ3n) is 5.83. The Balaban J connectivity index is 1.50. The smallest absolute Gasteiger partial charge is 0.224 e. The second kappa shape index (κ2) is 12.1. The summed E-state index contributed by atoms with van der Waals surface area (Å²) in [7, 11) is 0. The molecule has 3 rings (SSSR count). The fraction of sp³-hybridized carbons (Fsp3) is 0.321. The molecule has 0 saturated heterocycles. The van der Waals surface area contributed by atoms with Gasteiger partial charge in [0.2, 0.25) is 5.91 Å². The van der Waals surface area contributed by atoms with E-state index < -0.39 is 0 Å². The van der Waals surface area contributed by atoms with Gasteiger partial charge in [0.05, 0.1) is 6.42 Å². The van der Waals surface area contributed by atoms with Crippen LogP contribution in [0.4, 0.5) is 0 Å². The molecule has 3 aromatic rings. The number of amides is 1. The highest BCUT2D eigenvalue weighted by Crippen LogP contribution is 2.26. The van der Waals surface area contributed by atoms with Gasteiger partial charge in [-0.05, 0) is 66.3 Å². The summed E-state index contributed by atoms with van der Waals surface area (Å²) in [5.41, 5.74) is 6.15. The van der Waals surface area contributed by atoms with Crippen molar-refractivity contribution in [2.75, 3.05) is 13.2 Å². The summed E-state index contributed by atoms with van der Waals surface area (Å²) >= 11 is 0. The number of rotatable bonds is 11. The molecule has 0 aromatic heterocycles. The van der Waals surface area contributed by atoms with Crippen LogP contribution < -0.4 is 5.32 Å². The van der Waals surface area contributed by atoms with Crippen LogP contribution in [-0.2, 0) is 24.1 Å². The minimum atomic E-state index is 0.0615. The van der Waals surface area contributed by atoms with Gasteiger partial charge in [-0.3, -0.25) is 4.79 Å². The van der Waals surface area contributed by atoms with Gasteiger partial charge < -0.3 is 10.4 Å². The zero-order valence-electron chi connectivity index (χ0n) is 18.4. The van der Waals surface area contributed by atoms with Gasteiger partial charge >= 0.3 is 0 Å². The Hall–Kier alpha value is -2.91. The number of nitrogens with one attached hydrogen (secondary N) is 1. The first kappa shape index (κ1) is 22.8. The first-order valence-corrected chi connectivity index (χ1v) is 11.2. The zero-order valence-corrected chi connectivity index (χ0v) is 18.4. The minimum Gasteiger partial charge on any atom is -0.396 e. The van der Waals surface area contributed by atoms with Crippen molar-refractivity contribution in [3.63, 3.8) is 0 Å². The molecule has 0 spiro atoms. The van der Waals surface area contributed by atoms with Gasteiger partial charge in [-0.2, -0.15) is 0 Å². The van der Waals surface area contributed by atoms with E-state index in [1.54, 1.807) is 0 Å². The number of aryl methyl sites for hydroxylation is 1. The molecule has 3 nitrogen and oxygen atoms in total. The Morgan fingerprint density at radius 2 is 1.58 bits per heavy atom. The summed E-state index contributed by atoms with van der Waals surface area (Å²) < 4.78 is 0. The SMILES string of the molecule is Cc1ccccc1CCNC(=O)Cc1ccc(CC(CCCO)c2ccccc2)cc1. The number of carbonyl (C=O) groups excluding carboxylic acids is 1. The molecule has 0 radical (unpaired) electrons. The molecule has 162 valence electrons. The summed E-state index contributed by atoms with van der Waals surface area (Å²) in [4.78, 5) is 12.3. The molecule has 0 aliphatic rings. The second-order valence-corrected chi connectivity index (χ2v) is 8.20. The van der Waals surface area contributed by atoms with Gasteiger partial charge in [-0.15, -0.1) is 0 Å². The average molecular weight is 416 g/mol. The summed E-state index contributed by atoms with van der Waals surface area (Å²) in [6, 6.07) is 27.2. The van der Waals surface area contributed by atoms with Crippen LogP contribution in [0.5, 0.6) is 0 Å². The summed E-state index contributed by atoms with van der Waals surface area (Å²) in [5.74, 6) is 0.454. The van der Waals surface area contributed by atoms with Gasteiger partial charge in [-0.25, -0.2) is 0 Å². The molecule has 31 heavy (non-hydrogen) atoms. The summed E-state index contributed by atoms with van der Waals surface area (Å²) in [6.45, 7) is 2.98. The number of aliphatic hydroxyl groups excluding tert-OH is 1. The van der Waals surface area contributed by atoms with Crippen molar-refractivity contribution in [1.29, 1.82) is 0 Å². The highest BCUT2D eigenvalue weighted by molar-refractivity contribution is 5.78. The average Bonchev–Trinajstić information content (AvgIpc) is 2.79. The molecule has 1 atom stereocenters. The van der Waals surface area contributed by atoms with Crippen molar-refractivity contribution >= 4 is 5.91 Å².